The molecule has 0 bridgehead atoms. The third-order valence-electron chi connectivity index (χ3n) is 11.1. The number of para-hydroxylation sites is 4. The van der Waals surface area contributed by atoms with E-state index in [0.717, 1.165) is 77.6 Å². The summed E-state index contributed by atoms with van der Waals surface area (Å²) in [4.78, 5) is 10.3. The first-order valence-electron chi connectivity index (χ1n) is 18.6. The molecule has 5 nitrogen and oxygen atoms in total. The standard InChI is InChI=1S/C50H30N4O/c1-3-14-31(15-4-1)47-37-20-7-10-23-40(37)51-50(52-47)32-16-13-19-34(30-32)53-41-24-11-8-21-38(41)45-42(53)28-26-35-36-27-29-44-46(39-22-9-12-25-43(39)55-44)49(36)54(48(35)45)33-17-5-2-6-18-33/h1-30H. The summed E-state index contributed by atoms with van der Waals surface area (Å²) in [5.74, 6) is 0.697. The number of furan rings is 1. The van der Waals surface area contributed by atoms with E-state index in [1.807, 2.05) is 18.2 Å². The van der Waals surface area contributed by atoms with Gasteiger partial charge < -0.3 is 13.6 Å². The van der Waals surface area contributed by atoms with Crippen molar-refractivity contribution < 1.29 is 4.42 Å². The van der Waals surface area contributed by atoms with Gasteiger partial charge in [0.15, 0.2) is 5.82 Å². The first-order valence-corrected chi connectivity index (χ1v) is 18.6. The van der Waals surface area contributed by atoms with Gasteiger partial charge in [0.2, 0.25) is 0 Å². The molecule has 256 valence electrons. The van der Waals surface area contributed by atoms with Gasteiger partial charge in [-0.3, -0.25) is 0 Å². The largest absolute Gasteiger partial charge is 0.456 e. The van der Waals surface area contributed by atoms with E-state index in [0.29, 0.717) is 5.82 Å². The molecule has 0 aliphatic carbocycles. The zero-order valence-corrected chi connectivity index (χ0v) is 29.5. The van der Waals surface area contributed by atoms with Crippen LogP contribution in [0.5, 0.6) is 0 Å². The zero-order valence-electron chi connectivity index (χ0n) is 29.5. The Labute approximate surface area is 315 Å². The van der Waals surface area contributed by atoms with E-state index >= 15 is 0 Å². The van der Waals surface area contributed by atoms with Gasteiger partial charge in [-0.1, -0.05) is 121 Å². The minimum atomic E-state index is 0.697. The minimum Gasteiger partial charge on any atom is -0.456 e. The molecule has 0 unspecified atom stereocenters. The lowest BCUT2D eigenvalue weighted by Gasteiger charge is -2.12. The molecule has 12 rings (SSSR count). The number of fused-ring (bicyclic) bond motifs is 12. The molecule has 0 spiro atoms. The third-order valence-corrected chi connectivity index (χ3v) is 11.1. The van der Waals surface area contributed by atoms with Crippen molar-refractivity contribution in [3.63, 3.8) is 0 Å². The molecule has 0 aliphatic rings. The summed E-state index contributed by atoms with van der Waals surface area (Å²) in [6.07, 6.45) is 0. The highest BCUT2D eigenvalue weighted by atomic mass is 16.3. The van der Waals surface area contributed by atoms with E-state index in [9.17, 15) is 0 Å². The summed E-state index contributed by atoms with van der Waals surface area (Å²) < 4.78 is 11.3. The molecular formula is C50H30N4O. The number of nitrogens with zero attached hydrogens (tertiary/aromatic N) is 4. The summed E-state index contributed by atoms with van der Waals surface area (Å²) in [5, 5.41) is 8.07. The Balaban J connectivity index is 1.16. The topological polar surface area (TPSA) is 48.8 Å². The molecule has 0 aliphatic heterocycles. The molecular weight excluding hydrogens is 673 g/mol. The summed E-state index contributed by atoms with van der Waals surface area (Å²) >= 11 is 0. The molecule has 0 amide bonds. The second-order valence-electron chi connectivity index (χ2n) is 14.1. The monoisotopic (exact) mass is 702 g/mol. The highest BCUT2D eigenvalue weighted by molar-refractivity contribution is 6.30. The molecule has 5 heteroatoms. The number of aromatic nitrogens is 4. The predicted octanol–water partition coefficient (Wildman–Crippen LogP) is 13.1. The molecule has 0 fully saturated rings. The number of hydrogen-bond donors (Lipinski definition) is 0. The Morgan fingerprint density at radius 3 is 1.89 bits per heavy atom. The summed E-state index contributed by atoms with van der Waals surface area (Å²) in [6, 6.07) is 64.1. The van der Waals surface area contributed by atoms with Crippen molar-refractivity contribution in [3.05, 3.63) is 182 Å². The normalized spacial score (nSPS) is 12.0. The first-order chi connectivity index (χ1) is 27.3. The lowest BCUT2D eigenvalue weighted by molar-refractivity contribution is 0.669. The van der Waals surface area contributed by atoms with Crippen LogP contribution in [0.2, 0.25) is 0 Å². The van der Waals surface area contributed by atoms with Crippen LogP contribution in [0.25, 0.3) is 110 Å². The Morgan fingerprint density at radius 1 is 0.382 bits per heavy atom. The maximum Gasteiger partial charge on any atom is 0.160 e. The van der Waals surface area contributed by atoms with Crippen molar-refractivity contribution in [3.8, 4) is 34.0 Å². The van der Waals surface area contributed by atoms with Gasteiger partial charge in [-0.15, -0.1) is 0 Å². The Hall–Kier alpha value is -7.50. The highest BCUT2D eigenvalue weighted by Gasteiger charge is 2.24. The van der Waals surface area contributed by atoms with Crippen LogP contribution in [-0.2, 0) is 0 Å². The third kappa shape index (κ3) is 4.35. The summed E-state index contributed by atoms with van der Waals surface area (Å²) in [5.41, 5.74) is 12.4. The van der Waals surface area contributed by atoms with Crippen molar-refractivity contribution in [2.24, 2.45) is 0 Å². The molecule has 0 saturated heterocycles. The number of rotatable bonds is 4. The van der Waals surface area contributed by atoms with Crippen molar-refractivity contribution in [1.82, 2.24) is 19.1 Å². The lowest BCUT2D eigenvalue weighted by atomic mass is 10.1. The quantitative estimate of drug-likeness (QED) is 0.183. The molecule has 0 N–H and O–H groups in total. The number of hydrogen-bond acceptors (Lipinski definition) is 3. The van der Waals surface area contributed by atoms with Gasteiger partial charge in [0.05, 0.1) is 38.7 Å². The molecule has 0 atom stereocenters. The summed E-state index contributed by atoms with van der Waals surface area (Å²) in [7, 11) is 0. The molecule has 8 aromatic carbocycles. The average Bonchev–Trinajstić information content (AvgIpc) is 3.91. The van der Waals surface area contributed by atoms with E-state index in [1.165, 1.54) is 27.1 Å². The van der Waals surface area contributed by atoms with Gasteiger partial charge in [-0.25, -0.2) is 9.97 Å². The lowest BCUT2D eigenvalue weighted by Crippen LogP contribution is -1.98. The highest BCUT2D eigenvalue weighted by Crippen LogP contribution is 2.45. The zero-order chi connectivity index (χ0) is 36.0. The fraction of sp³-hybridized carbons (Fsp3) is 0. The fourth-order valence-corrected chi connectivity index (χ4v) is 8.77. The summed E-state index contributed by atoms with van der Waals surface area (Å²) in [6.45, 7) is 0. The van der Waals surface area contributed by atoms with Gasteiger partial charge in [0, 0.05) is 54.8 Å². The van der Waals surface area contributed by atoms with Crippen LogP contribution >= 0.6 is 0 Å². The fourth-order valence-electron chi connectivity index (χ4n) is 8.77. The molecule has 55 heavy (non-hydrogen) atoms. The van der Waals surface area contributed by atoms with Crippen LogP contribution in [0.1, 0.15) is 0 Å². The van der Waals surface area contributed by atoms with Gasteiger partial charge in [0.25, 0.3) is 0 Å². The Bertz CT molecular complexity index is 3480. The first kappa shape index (κ1) is 30.0. The molecule has 4 heterocycles. The predicted molar refractivity (Wildman–Crippen MR) is 226 cm³/mol. The van der Waals surface area contributed by atoms with Crippen LogP contribution in [0, 0.1) is 0 Å². The smallest absolute Gasteiger partial charge is 0.160 e. The van der Waals surface area contributed by atoms with Crippen molar-refractivity contribution >= 4 is 76.5 Å². The van der Waals surface area contributed by atoms with Gasteiger partial charge in [-0.05, 0) is 60.7 Å². The van der Waals surface area contributed by atoms with Crippen molar-refractivity contribution in [2.75, 3.05) is 0 Å². The molecule has 0 saturated carbocycles. The molecule has 4 aromatic heterocycles. The van der Waals surface area contributed by atoms with Crippen LogP contribution in [0.3, 0.4) is 0 Å². The maximum atomic E-state index is 6.44. The Morgan fingerprint density at radius 2 is 1.04 bits per heavy atom. The van der Waals surface area contributed by atoms with E-state index in [4.69, 9.17) is 14.4 Å². The van der Waals surface area contributed by atoms with Crippen LogP contribution in [-0.4, -0.2) is 19.1 Å². The van der Waals surface area contributed by atoms with Crippen molar-refractivity contribution in [1.29, 1.82) is 0 Å². The van der Waals surface area contributed by atoms with E-state index in [2.05, 4.69) is 173 Å². The van der Waals surface area contributed by atoms with Gasteiger partial charge in [-0.2, -0.15) is 0 Å². The average molecular weight is 703 g/mol. The van der Waals surface area contributed by atoms with E-state index in [-0.39, 0.29) is 0 Å². The van der Waals surface area contributed by atoms with Crippen LogP contribution in [0.15, 0.2) is 186 Å². The van der Waals surface area contributed by atoms with Gasteiger partial charge >= 0.3 is 0 Å². The second kappa shape index (κ2) is 11.5. The molecule has 0 radical (unpaired) electrons. The van der Waals surface area contributed by atoms with E-state index < -0.39 is 0 Å². The van der Waals surface area contributed by atoms with Crippen molar-refractivity contribution in [2.45, 2.75) is 0 Å². The second-order valence-corrected chi connectivity index (χ2v) is 14.1. The number of benzene rings is 8. The SMILES string of the molecule is c1ccc(-c2nc(-c3cccc(-n4c5ccccc5c5c4ccc4c6ccc7oc8ccccc8c7c6n(-c6ccccc6)c45)c3)nc3ccccc23)cc1. The van der Waals surface area contributed by atoms with E-state index in [1.54, 1.807) is 0 Å². The van der Waals surface area contributed by atoms with Crippen LogP contribution in [0.4, 0.5) is 0 Å². The Kier molecular flexibility index (Phi) is 6.27. The maximum absolute atomic E-state index is 6.44. The van der Waals surface area contributed by atoms with Crippen LogP contribution < -0.4 is 0 Å². The molecule has 12 aromatic rings. The van der Waals surface area contributed by atoms with Gasteiger partial charge in [0.1, 0.15) is 11.2 Å². The minimum absolute atomic E-state index is 0.697.